The van der Waals surface area contributed by atoms with Crippen LogP contribution in [0.1, 0.15) is 24.2 Å². The molecule has 2 aromatic rings. The molecule has 5 nitrogen and oxygen atoms in total. The van der Waals surface area contributed by atoms with Gasteiger partial charge in [0.2, 0.25) is 0 Å². The van der Waals surface area contributed by atoms with Crippen molar-refractivity contribution in [3.05, 3.63) is 58.1 Å². The summed E-state index contributed by atoms with van der Waals surface area (Å²) in [6.07, 6.45) is 0.0399. The van der Waals surface area contributed by atoms with Gasteiger partial charge in [0.05, 0.1) is 27.4 Å². The SMILES string of the molecule is CC(C)Oc1ccc(C(=O)OCC(=O)Nc2c(Cl)cccc2Cl)cc1. The predicted octanol–water partition coefficient (Wildman–Crippen LogP) is 4.58. The Morgan fingerprint density at radius 1 is 1.04 bits per heavy atom. The molecule has 132 valence electrons. The Morgan fingerprint density at radius 2 is 1.64 bits per heavy atom. The molecular weight excluding hydrogens is 365 g/mol. The van der Waals surface area contributed by atoms with Gasteiger partial charge in [-0.05, 0) is 50.2 Å². The molecule has 2 aromatic carbocycles. The second-order valence-electron chi connectivity index (χ2n) is 5.41. The van der Waals surface area contributed by atoms with E-state index in [9.17, 15) is 9.59 Å². The molecular formula is C18H17Cl2NO4. The largest absolute Gasteiger partial charge is 0.491 e. The summed E-state index contributed by atoms with van der Waals surface area (Å²) in [5, 5.41) is 3.11. The molecule has 0 bridgehead atoms. The van der Waals surface area contributed by atoms with Crippen LogP contribution in [0.15, 0.2) is 42.5 Å². The lowest BCUT2D eigenvalue weighted by Gasteiger charge is -2.11. The maximum Gasteiger partial charge on any atom is 0.338 e. The number of esters is 1. The smallest absolute Gasteiger partial charge is 0.338 e. The Balaban J connectivity index is 1.90. The topological polar surface area (TPSA) is 64.6 Å². The summed E-state index contributed by atoms with van der Waals surface area (Å²) < 4.78 is 10.5. The fourth-order valence-electron chi connectivity index (χ4n) is 1.95. The molecule has 0 unspecified atom stereocenters. The van der Waals surface area contributed by atoms with Gasteiger partial charge in [-0.2, -0.15) is 0 Å². The van der Waals surface area contributed by atoms with Gasteiger partial charge in [-0.25, -0.2) is 4.79 Å². The zero-order valence-corrected chi connectivity index (χ0v) is 15.2. The highest BCUT2D eigenvalue weighted by Gasteiger charge is 2.13. The third-order valence-electron chi connectivity index (χ3n) is 3.02. The van der Waals surface area contributed by atoms with Gasteiger partial charge in [0.15, 0.2) is 6.61 Å². The molecule has 25 heavy (non-hydrogen) atoms. The Labute approximate surface area is 155 Å². The van der Waals surface area contributed by atoms with Crippen molar-refractivity contribution in [3.8, 4) is 5.75 Å². The van der Waals surface area contributed by atoms with E-state index in [4.69, 9.17) is 32.7 Å². The minimum Gasteiger partial charge on any atom is -0.491 e. The number of hydrogen-bond acceptors (Lipinski definition) is 4. The lowest BCUT2D eigenvalue weighted by molar-refractivity contribution is -0.119. The molecule has 2 rings (SSSR count). The zero-order chi connectivity index (χ0) is 18.4. The molecule has 0 aliphatic rings. The third-order valence-corrected chi connectivity index (χ3v) is 3.65. The number of rotatable bonds is 6. The molecule has 0 radical (unpaired) electrons. The maximum atomic E-state index is 12.0. The standard InChI is InChI=1S/C18H17Cl2NO4/c1-11(2)25-13-8-6-12(7-9-13)18(23)24-10-16(22)21-17-14(19)4-3-5-15(17)20/h3-9,11H,10H2,1-2H3,(H,21,22). The molecule has 0 fully saturated rings. The lowest BCUT2D eigenvalue weighted by atomic mass is 10.2. The highest BCUT2D eigenvalue weighted by molar-refractivity contribution is 6.39. The van der Waals surface area contributed by atoms with E-state index in [1.807, 2.05) is 13.8 Å². The van der Waals surface area contributed by atoms with Crippen LogP contribution >= 0.6 is 23.2 Å². The summed E-state index contributed by atoms with van der Waals surface area (Å²) in [4.78, 5) is 23.9. The number of carbonyl (C=O) groups excluding carboxylic acids is 2. The Kier molecular flexibility index (Phi) is 6.67. The van der Waals surface area contributed by atoms with Crippen LogP contribution in [-0.4, -0.2) is 24.6 Å². The molecule has 0 aliphatic carbocycles. The van der Waals surface area contributed by atoms with Gasteiger partial charge < -0.3 is 14.8 Å². The van der Waals surface area contributed by atoms with Crippen molar-refractivity contribution in [2.45, 2.75) is 20.0 Å². The van der Waals surface area contributed by atoms with Crippen LogP contribution in [0.5, 0.6) is 5.75 Å². The Morgan fingerprint density at radius 3 is 2.20 bits per heavy atom. The summed E-state index contributed by atoms with van der Waals surface area (Å²) in [5.41, 5.74) is 0.599. The summed E-state index contributed by atoms with van der Waals surface area (Å²) >= 11 is 11.9. The van der Waals surface area contributed by atoms with Gasteiger partial charge in [0, 0.05) is 0 Å². The molecule has 7 heteroatoms. The molecule has 0 saturated heterocycles. The first-order chi connectivity index (χ1) is 11.9. The summed E-state index contributed by atoms with van der Waals surface area (Å²) in [6, 6.07) is 11.3. The van der Waals surface area contributed by atoms with E-state index < -0.39 is 18.5 Å². The van der Waals surface area contributed by atoms with Gasteiger partial charge in [-0.3, -0.25) is 4.79 Å². The van der Waals surface area contributed by atoms with Crippen molar-refractivity contribution in [1.29, 1.82) is 0 Å². The van der Waals surface area contributed by atoms with E-state index in [0.29, 0.717) is 21.4 Å². The molecule has 0 aromatic heterocycles. The Hall–Kier alpha value is -2.24. The monoisotopic (exact) mass is 381 g/mol. The minimum absolute atomic E-state index is 0.0399. The van der Waals surface area contributed by atoms with Gasteiger partial charge in [0.1, 0.15) is 5.75 Å². The molecule has 1 amide bonds. The number of hydrogen-bond donors (Lipinski definition) is 1. The Bertz CT molecular complexity index is 740. The van der Waals surface area contributed by atoms with Crippen LogP contribution in [0.4, 0.5) is 5.69 Å². The van der Waals surface area contributed by atoms with E-state index in [1.54, 1.807) is 42.5 Å². The number of benzene rings is 2. The molecule has 0 saturated carbocycles. The first-order valence-electron chi connectivity index (χ1n) is 7.54. The number of ether oxygens (including phenoxy) is 2. The summed E-state index contributed by atoms with van der Waals surface area (Å²) in [6.45, 7) is 3.36. The molecule has 0 atom stereocenters. The number of nitrogens with one attached hydrogen (secondary N) is 1. The van der Waals surface area contributed by atoms with E-state index in [1.165, 1.54) is 0 Å². The van der Waals surface area contributed by atoms with Crippen molar-refractivity contribution in [1.82, 2.24) is 0 Å². The van der Waals surface area contributed by atoms with Gasteiger partial charge in [-0.15, -0.1) is 0 Å². The molecule has 1 N–H and O–H groups in total. The summed E-state index contributed by atoms with van der Waals surface area (Å²) in [5.74, 6) is -0.503. The molecule has 0 heterocycles. The van der Waals surface area contributed by atoms with Crippen LogP contribution in [-0.2, 0) is 9.53 Å². The van der Waals surface area contributed by atoms with E-state index in [-0.39, 0.29) is 11.8 Å². The first-order valence-corrected chi connectivity index (χ1v) is 8.30. The van der Waals surface area contributed by atoms with Crippen LogP contribution in [0.25, 0.3) is 0 Å². The fraction of sp³-hybridized carbons (Fsp3) is 0.222. The first kappa shape index (κ1) is 19.1. The quantitative estimate of drug-likeness (QED) is 0.743. The fourth-order valence-corrected chi connectivity index (χ4v) is 2.44. The zero-order valence-electron chi connectivity index (χ0n) is 13.7. The van der Waals surface area contributed by atoms with E-state index in [0.717, 1.165) is 0 Å². The van der Waals surface area contributed by atoms with Crippen LogP contribution in [0, 0.1) is 0 Å². The van der Waals surface area contributed by atoms with Crippen LogP contribution in [0.2, 0.25) is 10.0 Å². The third kappa shape index (κ3) is 5.66. The van der Waals surface area contributed by atoms with Crippen LogP contribution in [0.3, 0.4) is 0 Å². The number of anilines is 1. The van der Waals surface area contributed by atoms with Crippen molar-refractivity contribution >= 4 is 40.8 Å². The summed E-state index contributed by atoms with van der Waals surface area (Å²) in [7, 11) is 0. The molecule has 0 spiro atoms. The highest BCUT2D eigenvalue weighted by atomic mass is 35.5. The average molecular weight is 382 g/mol. The van der Waals surface area contributed by atoms with Crippen LogP contribution < -0.4 is 10.1 Å². The van der Waals surface area contributed by atoms with Crippen molar-refractivity contribution in [2.24, 2.45) is 0 Å². The average Bonchev–Trinajstić information content (AvgIpc) is 2.56. The predicted molar refractivity (Wildman–Crippen MR) is 97.6 cm³/mol. The van der Waals surface area contributed by atoms with Crippen molar-refractivity contribution in [3.63, 3.8) is 0 Å². The molecule has 0 aliphatic heterocycles. The lowest BCUT2D eigenvalue weighted by Crippen LogP contribution is -2.21. The number of para-hydroxylation sites is 1. The van der Waals surface area contributed by atoms with Crippen molar-refractivity contribution in [2.75, 3.05) is 11.9 Å². The van der Waals surface area contributed by atoms with Gasteiger partial charge >= 0.3 is 5.97 Å². The number of carbonyl (C=O) groups is 2. The van der Waals surface area contributed by atoms with E-state index >= 15 is 0 Å². The van der Waals surface area contributed by atoms with Gasteiger partial charge in [0.25, 0.3) is 5.91 Å². The van der Waals surface area contributed by atoms with Gasteiger partial charge in [-0.1, -0.05) is 29.3 Å². The second-order valence-corrected chi connectivity index (χ2v) is 6.23. The van der Waals surface area contributed by atoms with Crippen molar-refractivity contribution < 1.29 is 19.1 Å². The second kappa shape index (κ2) is 8.74. The maximum absolute atomic E-state index is 12.0. The number of halogens is 2. The van der Waals surface area contributed by atoms with E-state index in [2.05, 4.69) is 5.32 Å². The normalized spacial score (nSPS) is 10.4. The minimum atomic E-state index is -0.614. The highest BCUT2D eigenvalue weighted by Crippen LogP contribution is 2.29. The number of amides is 1.